The monoisotopic (exact) mass is 167 g/mol. The molecule has 0 fully saturated rings. The van der Waals surface area contributed by atoms with Crippen LogP contribution >= 0.6 is 0 Å². The molecule has 4 nitrogen and oxygen atoms in total. The number of nitrogens with one attached hydrogen (secondary N) is 2. The molecule has 0 saturated heterocycles. The highest BCUT2D eigenvalue weighted by Gasteiger charge is 2.00. The summed E-state index contributed by atoms with van der Waals surface area (Å²) >= 11 is 0. The zero-order chi connectivity index (χ0) is 8.97. The van der Waals surface area contributed by atoms with E-state index in [1.807, 2.05) is 13.0 Å². The molecule has 0 saturated carbocycles. The molecule has 0 radical (unpaired) electrons. The summed E-state index contributed by atoms with van der Waals surface area (Å²) in [5.74, 6) is 0.0576. The lowest BCUT2D eigenvalue weighted by atomic mass is 10.2. The number of rotatable bonds is 3. The van der Waals surface area contributed by atoms with Crippen molar-refractivity contribution < 1.29 is 4.79 Å². The van der Waals surface area contributed by atoms with Crippen LogP contribution in [-0.2, 0) is 11.2 Å². The molecule has 0 aliphatic heterocycles. The van der Waals surface area contributed by atoms with Crippen LogP contribution in [0.1, 0.15) is 17.8 Å². The number of nitrogens with zero attached hydrogens (tertiary/aromatic N) is 1. The highest BCUT2D eigenvalue weighted by molar-refractivity contribution is 5.75. The number of amides is 1. The second kappa shape index (κ2) is 3.90. The van der Waals surface area contributed by atoms with E-state index in [1.54, 1.807) is 7.05 Å². The Kier molecular flexibility index (Phi) is 2.85. The molecule has 2 N–H and O–H groups in total. The molecule has 0 aliphatic carbocycles. The lowest BCUT2D eigenvalue weighted by Gasteiger charge is -1.95. The average molecular weight is 167 g/mol. The van der Waals surface area contributed by atoms with Gasteiger partial charge in [-0.2, -0.15) is 5.10 Å². The van der Waals surface area contributed by atoms with E-state index in [0.29, 0.717) is 6.42 Å². The fourth-order valence-corrected chi connectivity index (χ4v) is 0.978. The number of H-pyrrole nitrogens is 1. The van der Waals surface area contributed by atoms with Crippen LogP contribution < -0.4 is 5.32 Å². The molecule has 0 aliphatic rings. The van der Waals surface area contributed by atoms with Gasteiger partial charge >= 0.3 is 0 Å². The van der Waals surface area contributed by atoms with Gasteiger partial charge in [0.25, 0.3) is 0 Å². The Labute approximate surface area is 71.4 Å². The molecular weight excluding hydrogens is 154 g/mol. The highest BCUT2D eigenvalue weighted by atomic mass is 16.1. The molecule has 1 aromatic rings. The number of carbonyl (C=O) groups excluding carboxylic acids is 1. The van der Waals surface area contributed by atoms with E-state index in [0.717, 1.165) is 17.8 Å². The topological polar surface area (TPSA) is 57.8 Å². The van der Waals surface area contributed by atoms with Crippen LogP contribution in [0.15, 0.2) is 6.07 Å². The maximum atomic E-state index is 10.8. The molecule has 0 spiro atoms. The van der Waals surface area contributed by atoms with Crippen molar-refractivity contribution in [3.8, 4) is 0 Å². The van der Waals surface area contributed by atoms with Crippen LogP contribution in [0.25, 0.3) is 0 Å². The lowest BCUT2D eigenvalue weighted by Crippen LogP contribution is -2.17. The Hall–Kier alpha value is -1.32. The first kappa shape index (κ1) is 8.77. The van der Waals surface area contributed by atoms with Crippen molar-refractivity contribution in [1.82, 2.24) is 15.5 Å². The maximum Gasteiger partial charge on any atom is 0.220 e. The number of aromatic amines is 1. The molecule has 66 valence electrons. The molecule has 0 unspecified atom stereocenters. The minimum absolute atomic E-state index is 0.0576. The Morgan fingerprint density at radius 3 is 3.00 bits per heavy atom. The van der Waals surface area contributed by atoms with E-state index in [2.05, 4.69) is 15.5 Å². The van der Waals surface area contributed by atoms with E-state index in [4.69, 9.17) is 0 Å². The summed E-state index contributed by atoms with van der Waals surface area (Å²) in [5, 5.41) is 9.39. The minimum Gasteiger partial charge on any atom is -0.359 e. The molecule has 0 atom stereocenters. The second-order valence-electron chi connectivity index (χ2n) is 2.71. The van der Waals surface area contributed by atoms with Gasteiger partial charge in [-0.1, -0.05) is 0 Å². The van der Waals surface area contributed by atoms with Crippen molar-refractivity contribution in [2.24, 2.45) is 0 Å². The SMILES string of the molecule is CNC(=O)CCc1cc(C)n[nH]1. The average Bonchev–Trinajstić information content (AvgIpc) is 2.47. The van der Waals surface area contributed by atoms with E-state index >= 15 is 0 Å². The first-order valence-electron chi connectivity index (χ1n) is 3.94. The summed E-state index contributed by atoms with van der Waals surface area (Å²) in [5.41, 5.74) is 1.97. The van der Waals surface area contributed by atoms with E-state index in [1.165, 1.54) is 0 Å². The van der Waals surface area contributed by atoms with Gasteiger partial charge in [0.2, 0.25) is 5.91 Å². The van der Waals surface area contributed by atoms with Crippen LogP contribution in [0.3, 0.4) is 0 Å². The number of aryl methyl sites for hydroxylation is 2. The van der Waals surface area contributed by atoms with Gasteiger partial charge in [0.05, 0.1) is 5.69 Å². The Bertz CT molecular complexity index is 267. The fraction of sp³-hybridized carbons (Fsp3) is 0.500. The van der Waals surface area contributed by atoms with E-state index in [-0.39, 0.29) is 5.91 Å². The van der Waals surface area contributed by atoms with Crippen molar-refractivity contribution in [3.63, 3.8) is 0 Å². The van der Waals surface area contributed by atoms with Crippen molar-refractivity contribution >= 4 is 5.91 Å². The standard InChI is InChI=1S/C8H13N3O/c1-6-5-7(11-10-6)3-4-8(12)9-2/h5H,3-4H2,1-2H3,(H,9,12)(H,10,11). The number of carbonyl (C=O) groups is 1. The van der Waals surface area contributed by atoms with Crippen molar-refractivity contribution in [2.45, 2.75) is 19.8 Å². The summed E-state index contributed by atoms with van der Waals surface area (Å²) in [7, 11) is 1.64. The third kappa shape index (κ3) is 2.38. The molecule has 1 rings (SSSR count). The van der Waals surface area contributed by atoms with Crippen LogP contribution in [0.2, 0.25) is 0 Å². The van der Waals surface area contributed by atoms with E-state index in [9.17, 15) is 4.79 Å². The molecule has 4 heteroatoms. The Morgan fingerprint density at radius 2 is 2.50 bits per heavy atom. The zero-order valence-electron chi connectivity index (χ0n) is 7.35. The summed E-state index contributed by atoms with van der Waals surface area (Å²) < 4.78 is 0. The van der Waals surface area contributed by atoms with Crippen molar-refractivity contribution in [3.05, 3.63) is 17.5 Å². The van der Waals surface area contributed by atoms with Gasteiger partial charge in [-0.25, -0.2) is 0 Å². The Balaban J connectivity index is 2.38. The number of hydrogen-bond donors (Lipinski definition) is 2. The summed E-state index contributed by atoms with van der Waals surface area (Å²) in [6.07, 6.45) is 1.23. The van der Waals surface area contributed by atoms with Crippen molar-refractivity contribution in [1.29, 1.82) is 0 Å². The maximum absolute atomic E-state index is 10.8. The van der Waals surface area contributed by atoms with Gasteiger partial charge in [-0.15, -0.1) is 0 Å². The van der Waals surface area contributed by atoms with Gasteiger partial charge in [-0.3, -0.25) is 9.89 Å². The third-order valence-electron chi connectivity index (χ3n) is 1.66. The molecule has 0 bridgehead atoms. The van der Waals surface area contributed by atoms with Crippen LogP contribution in [0.5, 0.6) is 0 Å². The van der Waals surface area contributed by atoms with Crippen LogP contribution in [0.4, 0.5) is 0 Å². The van der Waals surface area contributed by atoms with Crippen LogP contribution in [0, 0.1) is 6.92 Å². The molecule has 1 amide bonds. The van der Waals surface area contributed by atoms with Gasteiger partial charge < -0.3 is 5.32 Å². The predicted octanol–water partition coefficient (Wildman–Crippen LogP) is 0.397. The smallest absolute Gasteiger partial charge is 0.220 e. The minimum atomic E-state index is 0.0576. The molecule has 1 heterocycles. The van der Waals surface area contributed by atoms with Gasteiger partial charge in [0.1, 0.15) is 0 Å². The fourth-order valence-electron chi connectivity index (χ4n) is 0.978. The van der Waals surface area contributed by atoms with Gasteiger partial charge in [-0.05, 0) is 19.4 Å². The summed E-state index contributed by atoms with van der Waals surface area (Å²) in [6, 6.07) is 1.95. The Morgan fingerprint density at radius 1 is 1.75 bits per heavy atom. The molecule has 12 heavy (non-hydrogen) atoms. The number of aromatic nitrogens is 2. The number of hydrogen-bond acceptors (Lipinski definition) is 2. The molecule has 1 aromatic heterocycles. The molecule has 0 aromatic carbocycles. The lowest BCUT2D eigenvalue weighted by molar-refractivity contribution is -0.120. The first-order valence-corrected chi connectivity index (χ1v) is 3.94. The van der Waals surface area contributed by atoms with Crippen molar-refractivity contribution in [2.75, 3.05) is 7.05 Å². The summed E-state index contributed by atoms with van der Waals surface area (Å²) in [6.45, 7) is 1.92. The zero-order valence-corrected chi connectivity index (χ0v) is 7.35. The normalized spacial score (nSPS) is 9.83. The molecular formula is C8H13N3O. The third-order valence-corrected chi connectivity index (χ3v) is 1.66. The highest BCUT2D eigenvalue weighted by Crippen LogP contribution is 2.00. The quantitative estimate of drug-likeness (QED) is 0.684. The largest absolute Gasteiger partial charge is 0.359 e. The van der Waals surface area contributed by atoms with Gasteiger partial charge in [0, 0.05) is 19.2 Å². The summed E-state index contributed by atoms with van der Waals surface area (Å²) in [4.78, 5) is 10.8. The van der Waals surface area contributed by atoms with Crippen LogP contribution in [-0.4, -0.2) is 23.2 Å². The van der Waals surface area contributed by atoms with E-state index < -0.39 is 0 Å². The van der Waals surface area contributed by atoms with Gasteiger partial charge in [0.15, 0.2) is 0 Å². The first-order chi connectivity index (χ1) is 5.72. The second-order valence-corrected chi connectivity index (χ2v) is 2.71. The predicted molar refractivity (Wildman–Crippen MR) is 45.7 cm³/mol.